The first-order chi connectivity index (χ1) is 11.9. The molecule has 7 heteroatoms. The van der Waals surface area contributed by atoms with Crippen molar-refractivity contribution in [1.82, 2.24) is 10.4 Å². The summed E-state index contributed by atoms with van der Waals surface area (Å²) in [6, 6.07) is 11.8. The molecule has 6 nitrogen and oxygen atoms in total. The van der Waals surface area contributed by atoms with E-state index in [1.54, 1.807) is 0 Å². The number of hydroxylamine groups is 2. The van der Waals surface area contributed by atoms with E-state index in [9.17, 15) is 19.6 Å². The summed E-state index contributed by atoms with van der Waals surface area (Å²) in [5.41, 5.74) is 2.23. The van der Waals surface area contributed by atoms with E-state index in [4.69, 9.17) is 11.6 Å². The largest absolute Gasteiger partial charge is 0.351 e. The minimum Gasteiger partial charge on any atom is -0.351 e. The molecule has 1 heterocycles. The molecular weight excluding hydrogens is 344 g/mol. The van der Waals surface area contributed by atoms with E-state index < -0.39 is 23.6 Å². The molecule has 0 fully saturated rings. The second-order valence-electron chi connectivity index (χ2n) is 5.82. The molecule has 3 rings (SSSR count). The third kappa shape index (κ3) is 3.26. The van der Waals surface area contributed by atoms with Crippen LogP contribution >= 0.6 is 11.6 Å². The maximum absolute atomic E-state index is 12.5. The van der Waals surface area contributed by atoms with Crippen LogP contribution in [-0.4, -0.2) is 28.0 Å². The van der Waals surface area contributed by atoms with Gasteiger partial charge in [0.2, 0.25) is 5.91 Å². The normalized spacial score (nSPS) is 16.6. The van der Waals surface area contributed by atoms with Gasteiger partial charge in [-0.25, -0.2) is 0 Å². The fourth-order valence-corrected chi connectivity index (χ4v) is 2.86. The van der Waals surface area contributed by atoms with Gasteiger partial charge in [-0.05, 0) is 30.2 Å². The lowest BCUT2D eigenvalue weighted by molar-refractivity contribution is -0.158. The average molecular weight is 359 g/mol. The zero-order chi connectivity index (χ0) is 18.1. The van der Waals surface area contributed by atoms with Crippen molar-refractivity contribution in [3.05, 3.63) is 69.7 Å². The van der Waals surface area contributed by atoms with Gasteiger partial charge in [0.25, 0.3) is 11.8 Å². The van der Waals surface area contributed by atoms with E-state index >= 15 is 0 Å². The van der Waals surface area contributed by atoms with E-state index in [1.165, 1.54) is 18.2 Å². The summed E-state index contributed by atoms with van der Waals surface area (Å²) in [6.07, 6.45) is 0. The summed E-state index contributed by atoms with van der Waals surface area (Å²) in [5, 5.41) is 12.6. The molecular formula is C18H15ClN2O4. The van der Waals surface area contributed by atoms with Crippen molar-refractivity contribution in [2.24, 2.45) is 0 Å². The summed E-state index contributed by atoms with van der Waals surface area (Å²) in [6.45, 7) is 2.18. The van der Waals surface area contributed by atoms with Gasteiger partial charge in [-0.2, -0.15) is 5.06 Å². The number of fused-ring (bicyclic) bond motifs is 1. The number of imide groups is 1. The van der Waals surface area contributed by atoms with Crippen molar-refractivity contribution in [3.63, 3.8) is 0 Å². The number of hydrogen-bond donors (Lipinski definition) is 2. The van der Waals surface area contributed by atoms with Crippen molar-refractivity contribution in [1.29, 1.82) is 0 Å². The predicted octanol–water partition coefficient (Wildman–Crippen LogP) is 2.42. The van der Waals surface area contributed by atoms with Crippen LogP contribution in [0.25, 0.3) is 0 Å². The van der Waals surface area contributed by atoms with E-state index in [2.05, 4.69) is 5.32 Å². The lowest BCUT2D eigenvalue weighted by Gasteiger charge is -2.27. The molecule has 25 heavy (non-hydrogen) atoms. The van der Waals surface area contributed by atoms with E-state index in [-0.39, 0.29) is 27.8 Å². The first kappa shape index (κ1) is 17.1. The third-order valence-electron chi connectivity index (χ3n) is 4.05. The highest BCUT2D eigenvalue weighted by Crippen LogP contribution is 2.31. The van der Waals surface area contributed by atoms with Crippen molar-refractivity contribution in [2.75, 3.05) is 0 Å². The Hall–Kier alpha value is -2.70. The molecule has 2 aromatic carbocycles. The highest BCUT2D eigenvalue weighted by molar-refractivity contribution is 6.31. The highest BCUT2D eigenvalue weighted by Gasteiger charge is 2.42. The van der Waals surface area contributed by atoms with E-state index in [1.807, 2.05) is 31.2 Å². The molecule has 0 bridgehead atoms. The first-order valence-electron chi connectivity index (χ1n) is 7.58. The standard InChI is InChI=1S/C18H15ClN2O4/c1-10-2-4-11(5-3-10)9-20-16(22)15-13-7-6-12(19)8-14(13)17(23)21(25)18(15)24/h2-8,15,25H,9H2,1H3,(H,20,22). The molecule has 1 aliphatic heterocycles. The van der Waals surface area contributed by atoms with Gasteiger partial charge in [0.15, 0.2) is 0 Å². The zero-order valence-electron chi connectivity index (χ0n) is 13.3. The fourth-order valence-electron chi connectivity index (χ4n) is 2.69. The van der Waals surface area contributed by atoms with Crippen molar-refractivity contribution < 1.29 is 19.6 Å². The molecule has 0 aromatic heterocycles. The third-order valence-corrected chi connectivity index (χ3v) is 4.29. The molecule has 0 spiro atoms. The smallest absolute Gasteiger partial charge is 0.284 e. The van der Waals surface area contributed by atoms with Gasteiger partial charge in [-0.15, -0.1) is 0 Å². The number of nitrogens with one attached hydrogen (secondary N) is 1. The van der Waals surface area contributed by atoms with Crippen LogP contribution in [0.15, 0.2) is 42.5 Å². The van der Waals surface area contributed by atoms with Crippen LogP contribution in [0.3, 0.4) is 0 Å². The van der Waals surface area contributed by atoms with Crippen LogP contribution in [-0.2, 0) is 16.1 Å². The monoisotopic (exact) mass is 358 g/mol. The van der Waals surface area contributed by atoms with Crippen LogP contribution in [0.2, 0.25) is 5.02 Å². The number of carbonyl (C=O) groups is 3. The minimum atomic E-state index is -1.31. The average Bonchev–Trinajstić information content (AvgIpc) is 2.60. The molecule has 2 aromatic rings. The van der Waals surface area contributed by atoms with Crippen LogP contribution < -0.4 is 5.32 Å². The SMILES string of the molecule is Cc1ccc(CNC(=O)C2C(=O)N(O)C(=O)c3cc(Cl)ccc32)cc1. The number of carbonyl (C=O) groups excluding carboxylic acids is 3. The molecule has 2 N–H and O–H groups in total. The summed E-state index contributed by atoms with van der Waals surface area (Å²) >= 11 is 5.87. The van der Waals surface area contributed by atoms with Crippen molar-refractivity contribution in [3.8, 4) is 0 Å². The molecule has 0 saturated carbocycles. The Morgan fingerprint density at radius 1 is 1.20 bits per heavy atom. The summed E-state index contributed by atoms with van der Waals surface area (Å²) in [7, 11) is 0. The molecule has 1 unspecified atom stereocenters. The van der Waals surface area contributed by atoms with Gasteiger partial charge >= 0.3 is 0 Å². The Bertz CT molecular complexity index is 864. The maximum atomic E-state index is 12.5. The van der Waals surface area contributed by atoms with Gasteiger partial charge in [-0.3, -0.25) is 19.6 Å². The molecule has 1 atom stereocenters. The van der Waals surface area contributed by atoms with Gasteiger partial charge in [0, 0.05) is 17.1 Å². The summed E-state index contributed by atoms with van der Waals surface area (Å²) < 4.78 is 0. The van der Waals surface area contributed by atoms with Crippen molar-refractivity contribution >= 4 is 29.3 Å². The Kier molecular flexibility index (Phi) is 4.57. The lowest BCUT2D eigenvalue weighted by atomic mass is 9.88. The second-order valence-corrected chi connectivity index (χ2v) is 6.26. The number of benzene rings is 2. The van der Waals surface area contributed by atoms with E-state index in [0.29, 0.717) is 0 Å². The predicted molar refractivity (Wildman–Crippen MR) is 90.2 cm³/mol. The number of nitrogens with zero attached hydrogens (tertiary/aromatic N) is 1. The molecule has 0 radical (unpaired) electrons. The summed E-state index contributed by atoms with van der Waals surface area (Å²) in [5.74, 6) is -3.78. The highest BCUT2D eigenvalue weighted by atomic mass is 35.5. The topological polar surface area (TPSA) is 86.7 Å². The number of halogens is 1. The number of amides is 3. The molecule has 128 valence electrons. The van der Waals surface area contributed by atoms with Gasteiger partial charge in [0.1, 0.15) is 5.92 Å². The molecule has 1 aliphatic rings. The van der Waals surface area contributed by atoms with Gasteiger partial charge < -0.3 is 5.32 Å². The van der Waals surface area contributed by atoms with E-state index in [0.717, 1.165) is 11.1 Å². The van der Waals surface area contributed by atoms with Gasteiger partial charge in [0.05, 0.1) is 0 Å². The number of rotatable bonds is 3. The Labute approximate surface area is 149 Å². The molecule has 3 amide bonds. The van der Waals surface area contributed by atoms with Gasteiger partial charge in [-0.1, -0.05) is 47.5 Å². The number of hydrogen-bond acceptors (Lipinski definition) is 4. The van der Waals surface area contributed by atoms with Crippen LogP contribution in [0.4, 0.5) is 0 Å². The Balaban J connectivity index is 1.86. The molecule has 0 saturated heterocycles. The Morgan fingerprint density at radius 2 is 1.88 bits per heavy atom. The second kappa shape index (κ2) is 6.66. The minimum absolute atomic E-state index is 0.0325. The van der Waals surface area contributed by atoms with Crippen LogP contribution in [0, 0.1) is 6.92 Å². The lowest BCUT2D eigenvalue weighted by Crippen LogP contribution is -2.47. The van der Waals surface area contributed by atoms with Crippen LogP contribution in [0.1, 0.15) is 33.0 Å². The van der Waals surface area contributed by atoms with Crippen LogP contribution in [0.5, 0.6) is 0 Å². The Morgan fingerprint density at radius 3 is 2.56 bits per heavy atom. The molecule has 0 aliphatic carbocycles. The summed E-state index contributed by atoms with van der Waals surface area (Å²) in [4.78, 5) is 36.8. The first-order valence-corrected chi connectivity index (χ1v) is 7.96. The number of aryl methyl sites for hydroxylation is 1. The maximum Gasteiger partial charge on any atom is 0.284 e. The quantitative estimate of drug-likeness (QED) is 0.501. The fraction of sp³-hybridized carbons (Fsp3) is 0.167. The zero-order valence-corrected chi connectivity index (χ0v) is 14.1. The van der Waals surface area contributed by atoms with Crippen molar-refractivity contribution in [2.45, 2.75) is 19.4 Å².